The van der Waals surface area contributed by atoms with Gasteiger partial charge in [0.15, 0.2) is 0 Å². The van der Waals surface area contributed by atoms with Crippen LogP contribution in [0.2, 0.25) is 0 Å². The number of rotatable bonds is 4. The van der Waals surface area contributed by atoms with E-state index in [2.05, 4.69) is 0 Å². The van der Waals surface area contributed by atoms with Crippen LogP contribution in [0.1, 0.15) is 18.4 Å². The Kier molecular flexibility index (Phi) is 5.21. The van der Waals surface area contributed by atoms with Crippen LogP contribution >= 0.6 is 0 Å². The molecule has 0 unspecified atom stereocenters. The predicted octanol–water partition coefficient (Wildman–Crippen LogP) is 2.68. The molecule has 1 aromatic carbocycles. The van der Waals surface area contributed by atoms with E-state index in [0.717, 1.165) is 38.1 Å². The number of piperidine rings is 1. The maximum Gasteiger partial charge on any atom is 0.410 e. The maximum absolute atomic E-state index is 11.9. The van der Waals surface area contributed by atoms with E-state index in [-0.39, 0.29) is 6.09 Å². The summed E-state index contributed by atoms with van der Waals surface area (Å²) in [6.45, 7) is 2.66. The largest absolute Gasteiger partial charge is 0.445 e. The molecule has 0 radical (unpaired) electrons. The van der Waals surface area contributed by atoms with E-state index in [9.17, 15) is 4.79 Å². The fourth-order valence-corrected chi connectivity index (χ4v) is 2.33. The van der Waals surface area contributed by atoms with Crippen LogP contribution in [-0.2, 0) is 16.1 Å². The van der Waals surface area contributed by atoms with E-state index in [1.165, 1.54) is 0 Å². The minimum Gasteiger partial charge on any atom is -0.445 e. The number of hydrogen-bond acceptors (Lipinski definition) is 3. The van der Waals surface area contributed by atoms with E-state index < -0.39 is 0 Å². The van der Waals surface area contributed by atoms with Crippen molar-refractivity contribution in [2.75, 3.05) is 26.8 Å². The molecule has 1 fully saturated rings. The predicted molar refractivity (Wildman–Crippen MR) is 72.8 cm³/mol. The van der Waals surface area contributed by atoms with Crippen LogP contribution in [0.15, 0.2) is 30.3 Å². The Bertz CT molecular complexity index is 386. The number of carbonyl (C=O) groups excluding carboxylic acids is 1. The number of carbonyl (C=O) groups is 1. The molecular weight excluding hydrogens is 242 g/mol. The third-order valence-electron chi connectivity index (χ3n) is 3.48. The molecule has 1 heterocycles. The molecule has 19 heavy (non-hydrogen) atoms. The number of methoxy groups -OCH3 is 1. The Morgan fingerprint density at radius 2 is 1.95 bits per heavy atom. The van der Waals surface area contributed by atoms with E-state index in [1.54, 1.807) is 12.0 Å². The molecule has 0 saturated carbocycles. The van der Waals surface area contributed by atoms with Crippen molar-refractivity contribution in [1.82, 2.24) is 4.90 Å². The van der Waals surface area contributed by atoms with Crippen molar-refractivity contribution in [1.29, 1.82) is 0 Å². The Morgan fingerprint density at radius 3 is 2.58 bits per heavy atom. The second-order valence-corrected chi connectivity index (χ2v) is 4.93. The summed E-state index contributed by atoms with van der Waals surface area (Å²) in [5, 5.41) is 0. The van der Waals surface area contributed by atoms with Gasteiger partial charge in [0.1, 0.15) is 6.61 Å². The van der Waals surface area contributed by atoms with Gasteiger partial charge in [-0.2, -0.15) is 0 Å². The van der Waals surface area contributed by atoms with Gasteiger partial charge in [0, 0.05) is 26.8 Å². The van der Waals surface area contributed by atoms with Crippen LogP contribution in [0.3, 0.4) is 0 Å². The molecule has 0 spiro atoms. The lowest BCUT2D eigenvalue weighted by atomic mass is 9.98. The summed E-state index contributed by atoms with van der Waals surface area (Å²) < 4.78 is 10.5. The zero-order chi connectivity index (χ0) is 13.5. The summed E-state index contributed by atoms with van der Waals surface area (Å²) in [5.74, 6) is 0.572. The molecule has 2 rings (SSSR count). The standard InChI is InChI=1S/C15H21NO3/c1-18-11-14-7-9-16(10-8-14)15(17)19-12-13-5-3-2-4-6-13/h2-6,14H,7-12H2,1H3. The lowest BCUT2D eigenvalue weighted by molar-refractivity contribution is 0.0667. The van der Waals surface area contributed by atoms with Gasteiger partial charge in [0.2, 0.25) is 0 Å². The molecule has 1 amide bonds. The van der Waals surface area contributed by atoms with Gasteiger partial charge in [-0.25, -0.2) is 4.79 Å². The van der Waals surface area contributed by atoms with Gasteiger partial charge in [-0.3, -0.25) is 0 Å². The normalized spacial score (nSPS) is 16.4. The van der Waals surface area contributed by atoms with Crippen molar-refractivity contribution in [3.63, 3.8) is 0 Å². The molecule has 104 valence electrons. The van der Waals surface area contributed by atoms with Gasteiger partial charge >= 0.3 is 6.09 Å². The molecule has 4 heteroatoms. The number of nitrogens with zero attached hydrogens (tertiary/aromatic N) is 1. The third-order valence-corrected chi connectivity index (χ3v) is 3.48. The minimum absolute atomic E-state index is 0.209. The van der Waals surface area contributed by atoms with Crippen LogP contribution in [0.5, 0.6) is 0 Å². The van der Waals surface area contributed by atoms with Crippen LogP contribution < -0.4 is 0 Å². The first-order chi connectivity index (χ1) is 9.29. The summed E-state index contributed by atoms with van der Waals surface area (Å²) in [4.78, 5) is 13.7. The van der Waals surface area contributed by atoms with E-state index in [1.807, 2.05) is 30.3 Å². The highest BCUT2D eigenvalue weighted by atomic mass is 16.6. The summed E-state index contributed by atoms with van der Waals surface area (Å²) in [7, 11) is 1.72. The Hall–Kier alpha value is -1.55. The second-order valence-electron chi connectivity index (χ2n) is 4.93. The lowest BCUT2D eigenvalue weighted by Crippen LogP contribution is -2.39. The van der Waals surface area contributed by atoms with Gasteiger partial charge < -0.3 is 14.4 Å². The average Bonchev–Trinajstić information content (AvgIpc) is 2.47. The molecule has 1 aliphatic rings. The number of amides is 1. The molecule has 0 N–H and O–H groups in total. The van der Waals surface area contributed by atoms with Gasteiger partial charge in [0.25, 0.3) is 0 Å². The molecule has 1 aliphatic heterocycles. The molecular formula is C15H21NO3. The first-order valence-electron chi connectivity index (χ1n) is 6.74. The lowest BCUT2D eigenvalue weighted by Gasteiger charge is -2.30. The molecule has 0 aromatic heterocycles. The van der Waals surface area contributed by atoms with Crippen molar-refractivity contribution in [2.45, 2.75) is 19.4 Å². The monoisotopic (exact) mass is 263 g/mol. The Labute approximate surface area is 114 Å². The highest BCUT2D eigenvalue weighted by Gasteiger charge is 2.23. The second kappa shape index (κ2) is 7.14. The quantitative estimate of drug-likeness (QED) is 0.838. The first kappa shape index (κ1) is 13.9. The van der Waals surface area contributed by atoms with Crippen molar-refractivity contribution in [3.8, 4) is 0 Å². The highest BCUT2D eigenvalue weighted by molar-refractivity contribution is 5.67. The topological polar surface area (TPSA) is 38.8 Å². The fraction of sp³-hybridized carbons (Fsp3) is 0.533. The van der Waals surface area contributed by atoms with Gasteiger partial charge in [-0.15, -0.1) is 0 Å². The molecule has 0 atom stereocenters. The number of ether oxygens (including phenoxy) is 2. The zero-order valence-electron chi connectivity index (χ0n) is 11.4. The van der Waals surface area contributed by atoms with Crippen LogP contribution in [0.4, 0.5) is 4.79 Å². The number of benzene rings is 1. The number of likely N-dealkylation sites (tertiary alicyclic amines) is 1. The van der Waals surface area contributed by atoms with Gasteiger partial charge in [0.05, 0.1) is 0 Å². The molecule has 1 aromatic rings. The summed E-state index contributed by atoms with van der Waals surface area (Å²) in [5.41, 5.74) is 1.02. The Morgan fingerprint density at radius 1 is 1.26 bits per heavy atom. The van der Waals surface area contributed by atoms with Crippen molar-refractivity contribution in [2.24, 2.45) is 5.92 Å². The van der Waals surface area contributed by atoms with Crippen molar-refractivity contribution >= 4 is 6.09 Å². The third kappa shape index (κ3) is 4.24. The SMILES string of the molecule is COCC1CCN(C(=O)OCc2ccccc2)CC1. The minimum atomic E-state index is -0.209. The van der Waals surface area contributed by atoms with Gasteiger partial charge in [-0.1, -0.05) is 30.3 Å². The van der Waals surface area contributed by atoms with Crippen LogP contribution in [0, 0.1) is 5.92 Å². The smallest absolute Gasteiger partial charge is 0.410 e. The summed E-state index contributed by atoms with van der Waals surface area (Å²) in [6, 6.07) is 9.75. The summed E-state index contributed by atoms with van der Waals surface area (Å²) in [6.07, 6.45) is 1.78. The van der Waals surface area contributed by atoms with Crippen LogP contribution in [0.25, 0.3) is 0 Å². The van der Waals surface area contributed by atoms with E-state index in [4.69, 9.17) is 9.47 Å². The molecule has 1 saturated heterocycles. The highest BCUT2D eigenvalue weighted by Crippen LogP contribution is 2.18. The maximum atomic E-state index is 11.9. The molecule has 0 aliphatic carbocycles. The fourth-order valence-electron chi connectivity index (χ4n) is 2.33. The van der Waals surface area contributed by atoms with Gasteiger partial charge in [-0.05, 0) is 24.3 Å². The zero-order valence-corrected chi connectivity index (χ0v) is 11.4. The van der Waals surface area contributed by atoms with E-state index >= 15 is 0 Å². The average molecular weight is 263 g/mol. The van der Waals surface area contributed by atoms with Crippen molar-refractivity contribution < 1.29 is 14.3 Å². The first-order valence-corrected chi connectivity index (χ1v) is 6.74. The van der Waals surface area contributed by atoms with E-state index in [0.29, 0.717) is 12.5 Å². The van der Waals surface area contributed by atoms with Crippen LogP contribution in [-0.4, -0.2) is 37.8 Å². The Balaban J connectivity index is 1.73. The molecule has 4 nitrogen and oxygen atoms in total. The number of hydrogen-bond donors (Lipinski definition) is 0. The summed E-state index contributed by atoms with van der Waals surface area (Å²) >= 11 is 0. The van der Waals surface area contributed by atoms with Crippen molar-refractivity contribution in [3.05, 3.63) is 35.9 Å². The molecule has 0 bridgehead atoms.